The first kappa shape index (κ1) is 18.3. The van der Waals surface area contributed by atoms with E-state index in [0.29, 0.717) is 17.3 Å². The minimum Gasteiger partial charge on any atom is -0.497 e. The van der Waals surface area contributed by atoms with Gasteiger partial charge in [-0.1, -0.05) is 25.1 Å². The number of fused-ring (bicyclic) bond motifs is 1. The predicted molar refractivity (Wildman–Crippen MR) is 104 cm³/mol. The molecule has 0 saturated carbocycles. The van der Waals surface area contributed by atoms with E-state index in [0.717, 1.165) is 17.7 Å². The van der Waals surface area contributed by atoms with Crippen molar-refractivity contribution in [3.05, 3.63) is 70.1 Å². The molecule has 1 N–H and O–H groups in total. The normalized spacial score (nSPS) is 11.0. The van der Waals surface area contributed by atoms with Crippen LogP contribution in [0.1, 0.15) is 29.4 Å². The van der Waals surface area contributed by atoms with Crippen molar-refractivity contribution in [2.75, 3.05) is 7.11 Å². The van der Waals surface area contributed by atoms with E-state index in [9.17, 15) is 9.59 Å². The van der Waals surface area contributed by atoms with Gasteiger partial charge in [-0.2, -0.15) is 10.2 Å². The van der Waals surface area contributed by atoms with Crippen molar-refractivity contribution in [1.82, 2.24) is 15.2 Å². The number of nitrogens with one attached hydrogen (secondary N) is 1. The summed E-state index contributed by atoms with van der Waals surface area (Å²) < 4.78 is 6.42. The maximum absolute atomic E-state index is 12.6. The molecule has 0 bridgehead atoms. The van der Waals surface area contributed by atoms with Crippen LogP contribution in [-0.2, 0) is 6.54 Å². The van der Waals surface area contributed by atoms with Crippen LogP contribution in [0.5, 0.6) is 5.75 Å². The fourth-order valence-electron chi connectivity index (χ4n) is 2.67. The molecule has 138 valence electrons. The number of hydrogen-bond donors (Lipinski definition) is 1. The highest BCUT2D eigenvalue weighted by atomic mass is 16.5. The number of methoxy groups -OCH3 is 1. The Labute approximate surface area is 156 Å². The van der Waals surface area contributed by atoms with E-state index in [4.69, 9.17) is 4.74 Å². The Morgan fingerprint density at radius 1 is 1.19 bits per heavy atom. The van der Waals surface area contributed by atoms with E-state index in [1.54, 1.807) is 43.5 Å². The molecule has 0 aliphatic rings. The van der Waals surface area contributed by atoms with Crippen LogP contribution in [0, 0.1) is 0 Å². The van der Waals surface area contributed by atoms with E-state index < -0.39 is 5.91 Å². The largest absolute Gasteiger partial charge is 0.497 e. The van der Waals surface area contributed by atoms with Gasteiger partial charge in [0, 0.05) is 11.9 Å². The molecule has 27 heavy (non-hydrogen) atoms. The molecule has 7 nitrogen and oxygen atoms in total. The number of carbonyl (C=O) groups excluding carboxylic acids is 1. The summed E-state index contributed by atoms with van der Waals surface area (Å²) in [4.78, 5) is 25.1. The lowest BCUT2D eigenvalue weighted by molar-refractivity contribution is 0.0949. The topological polar surface area (TPSA) is 85.6 Å². The van der Waals surface area contributed by atoms with Crippen molar-refractivity contribution in [3.63, 3.8) is 0 Å². The van der Waals surface area contributed by atoms with Crippen molar-refractivity contribution in [3.8, 4) is 5.75 Å². The van der Waals surface area contributed by atoms with Gasteiger partial charge in [0.25, 0.3) is 11.5 Å². The second-order valence-corrected chi connectivity index (χ2v) is 5.89. The van der Waals surface area contributed by atoms with Gasteiger partial charge in [-0.05, 0) is 42.3 Å². The second kappa shape index (κ2) is 8.27. The molecule has 0 spiro atoms. The van der Waals surface area contributed by atoms with Crippen molar-refractivity contribution in [2.24, 2.45) is 5.10 Å². The second-order valence-electron chi connectivity index (χ2n) is 5.89. The Balaban J connectivity index is 1.87. The van der Waals surface area contributed by atoms with Gasteiger partial charge in [-0.3, -0.25) is 9.59 Å². The number of ether oxygens (including phenoxy) is 1. The zero-order chi connectivity index (χ0) is 19.2. The molecular formula is C20H20N4O3. The smallest absolute Gasteiger partial charge is 0.292 e. The molecule has 2 aromatic carbocycles. The van der Waals surface area contributed by atoms with E-state index in [1.165, 1.54) is 10.9 Å². The van der Waals surface area contributed by atoms with E-state index in [-0.39, 0.29) is 11.3 Å². The lowest BCUT2D eigenvalue weighted by Crippen LogP contribution is -2.29. The van der Waals surface area contributed by atoms with Gasteiger partial charge in [0.05, 0.1) is 18.7 Å². The monoisotopic (exact) mass is 364 g/mol. The number of hydrazone groups is 1. The van der Waals surface area contributed by atoms with Gasteiger partial charge in [0.2, 0.25) is 0 Å². The van der Waals surface area contributed by atoms with Gasteiger partial charge in [-0.25, -0.2) is 10.1 Å². The first-order valence-corrected chi connectivity index (χ1v) is 8.61. The maximum atomic E-state index is 12.6. The summed E-state index contributed by atoms with van der Waals surface area (Å²) in [5, 5.41) is 9.20. The number of aryl methyl sites for hydroxylation is 1. The quantitative estimate of drug-likeness (QED) is 0.538. The Morgan fingerprint density at radius 2 is 1.89 bits per heavy atom. The van der Waals surface area contributed by atoms with Crippen LogP contribution >= 0.6 is 0 Å². The standard InChI is InChI=1S/C20H20N4O3/c1-3-12-24-20(26)17-7-5-4-6-16(17)18(23-24)19(25)22-21-13-14-8-10-15(27-2)11-9-14/h4-11,13H,3,12H2,1-2H3,(H,22,25). The highest BCUT2D eigenvalue weighted by molar-refractivity contribution is 6.04. The summed E-state index contributed by atoms with van der Waals surface area (Å²) in [5.74, 6) is 0.269. The van der Waals surface area contributed by atoms with Crippen molar-refractivity contribution < 1.29 is 9.53 Å². The molecule has 0 aliphatic carbocycles. The third-order valence-corrected chi connectivity index (χ3v) is 4.01. The van der Waals surface area contributed by atoms with Gasteiger partial charge >= 0.3 is 0 Å². The summed E-state index contributed by atoms with van der Waals surface area (Å²) in [6.07, 6.45) is 2.27. The summed E-state index contributed by atoms with van der Waals surface area (Å²) in [7, 11) is 1.60. The predicted octanol–water partition coefficient (Wildman–Crippen LogP) is 2.58. The van der Waals surface area contributed by atoms with Crippen LogP contribution in [0.2, 0.25) is 0 Å². The average Bonchev–Trinajstić information content (AvgIpc) is 2.70. The lowest BCUT2D eigenvalue weighted by atomic mass is 10.1. The fraction of sp³-hybridized carbons (Fsp3) is 0.200. The Morgan fingerprint density at radius 3 is 2.56 bits per heavy atom. The minimum absolute atomic E-state index is 0.172. The van der Waals surface area contributed by atoms with Crippen LogP contribution in [0.25, 0.3) is 10.8 Å². The first-order chi connectivity index (χ1) is 13.1. The number of rotatable bonds is 6. The SMILES string of the molecule is CCCn1nc(C(=O)NN=Cc2ccc(OC)cc2)c2ccccc2c1=O. The fourth-order valence-corrected chi connectivity index (χ4v) is 2.67. The lowest BCUT2D eigenvalue weighted by Gasteiger charge is -2.09. The Bertz CT molecular complexity index is 1040. The molecule has 0 saturated heterocycles. The van der Waals surface area contributed by atoms with Gasteiger partial charge in [0.1, 0.15) is 5.75 Å². The number of amides is 1. The summed E-state index contributed by atoms with van der Waals surface area (Å²) in [6, 6.07) is 14.2. The zero-order valence-corrected chi connectivity index (χ0v) is 15.2. The molecule has 0 radical (unpaired) electrons. The molecule has 0 aliphatic heterocycles. The first-order valence-electron chi connectivity index (χ1n) is 8.61. The molecule has 1 aromatic heterocycles. The number of carbonyl (C=O) groups is 1. The molecule has 1 amide bonds. The molecule has 3 rings (SSSR count). The van der Waals surface area contributed by atoms with Crippen LogP contribution < -0.4 is 15.7 Å². The van der Waals surface area contributed by atoms with Crippen molar-refractivity contribution >= 4 is 22.9 Å². The number of hydrogen-bond acceptors (Lipinski definition) is 5. The van der Waals surface area contributed by atoms with Crippen LogP contribution in [0.4, 0.5) is 0 Å². The number of nitrogens with zero attached hydrogens (tertiary/aromatic N) is 3. The number of benzene rings is 2. The summed E-state index contributed by atoms with van der Waals surface area (Å²) in [5.41, 5.74) is 3.26. The van der Waals surface area contributed by atoms with E-state index >= 15 is 0 Å². The zero-order valence-electron chi connectivity index (χ0n) is 15.2. The maximum Gasteiger partial charge on any atom is 0.292 e. The van der Waals surface area contributed by atoms with Crippen molar-refractivity contribution in [1.29, 1.82) is 0 Å². The third-order valence-electron chi connectivity index (χ3n) is 4.01. The highest BCUT2D eigenvalue weighted by Gasteiger charge is 2.15. The molecule has 0 atom stereocenters. The Hall–Kier alpha value is -3.48. The molecule has 1 heterocycles. The van der Waals surface area contributed by atoms with E-state index in [2.05, 4.69) is 15.6 Å². The summed E-state index contributed by atoms with van der Waals surface area (Å²) in [6.45, 7) is 2.39. The minimum atomic E-state index is -0.471. The van der Waals surface area contributed by atoms with Crippen LogP contribution in [0.3, 0.4) is 0 Å². The third kappa shape index (κ3) is 4.03. The highest BCUT2D eigenvalue weighted by Crippen LogP contribution is 2.13. The van der Waals surface area contributed by atoms with Crippen LogP contribution in [0.15, 0.2) is 58.4 Å². The molecule has 0 unspecified atom stereocenters. The molecular weight excluding hydrogens is 344 g/mol. The molecule has 7 heteroatoms. The summed E-state index contributed by atoms with van der Waals surface area (Å²) >= 11 is 0. The van der Waals surface area contributed by atoms with Gasteiger partial charge in [0.15, 0.2) is 5.69 Å². The Kier molecular flexibility index (Phi) is 5.61. The van der Waals surface area contributed by atoms with Crippen molar-refractivity contribution in [2.45, 2.75) is 19.9 Å². The van der Waals surface area contributed by atoms with Crippen LogP contribution in [-0.4, -0.2) is 29.0 Å². The number of aromatic nitrogens is 2. The average molecular weight is 364 g/mol. The van der Waals surface area contributed by atoms with Gasteiger partial charge < -0.3 is 4.74 Å². The molecule has 0 fully saturated rings. The molecule has 3 aromatic rings. The van der Waals surface area contributed by atoms with Gasteiger partial charge in [-0.15, -0.1) is 0 Å². The van der Waals surface area contributed by atoms with E-state index in [1.807, 2.05) is 19.1 Å².